The Balaban J connectivity index is 0. The van der Waals surface area contributed by atoms with Crippen LogP contribution in [0.15, 0.2) is 37.0 Å². The van der Waals surface area contributed by atoms with Gasteiger partial charge in [0.05, 0.1) is 0 Å². The second-order valence-corrected chi connectivity index (χ2v) is 3.43. The normalized spacial score (nSPS) is 11.7. The van der Waals surface area contributed by atoms with Gasteiger partial charge in [-0.25, -0.2) is 4.79 Å². The Bertz CT molecular complexity index is 272. The van der Waals surface area contributed by atoms with E-state index in [-0.39, 0.29) is 19.1 Å². The van der Waals surface area contributed by atoms with Crippen molar-refractivity contribution in [3.63, 3.8) is 0 Å². The summed E-state index contributed by atoms with van der Waals surface area (Å²) in [6.45, 7) is 13.5. The molecule has 104 valence electrons. The first-order chi connectivity index (χ1) is 8.63. The Morgan fingerprint density at radius 3 is 2.50 bits per heavy atom. The number of alkyl carbamates (subject to hydrolysis) is 1. The van der Waals surface area contributed by atoms with Crippen molar-refractivity contribution in [3.05, 3.63) is 37.0 Å². The molecule has 4 heteroatoms. The van der Waals surface area contributed by atoms with Crippen LogP contribution < -0.4 is 5.32 Å². The van der Waals surface area contributed by atoms with Crippen molar-refractivity contribution < 1.29 is 14.6 Å². The predicted octanol–water partition coefficient (Wildman–Crippen LogP) is 2.67. The summed E-state index contributed by atoms with van der Waals surface area (Å²) in [6, 6.07) is 0. The molecule has 0 saturated carbocycles. The van der Waals surface area contributed by atoms with Gasteiger partial charge in [-0.15, -0.1) is 0 Å². The van der Waals surface area contributed by atoms with Crippen LogP contribution in [0.3, 0.4) is 0 Å². The number of hydrogen-bond acceptors (Lipinski definition) is 3. The fraction of sp³-hybridized carbons (Fsp3) is 0.500. The number of rotatable bonds is 7. The van der Waals surface area contributed by atoms with Gasteiger partial charge in [-0.3, -0.25) is 0 Å². The van der Waals surface area contributed by atoms with Crippen molar-refractivity contribution in [1.29, 1.82) is 0 Å². The molecule has 0 aromatic rings. The highest BCUT2D eigenvalue weighted by Crippen LogP contribution is 1.97. The summed E-state index contributed by atoms with van der Waals surface area (Å²) in [6.07, 6.45) is 4.42. The van der Waals surface area contributed by atoms with Crippen molar-refractivity contribution in [2.75, 3.05) is 19.8 Å². The molecule has 18 heavy (non-hydrogen) atoms. The largest absolute Gasteiger partial charge is 0.445 e. The maximum Gasteiger partial charge on any atom is 0.407 e. The average molecular weight is 255 g/mol. The molecular weight excluding hydrogens is 230 g/mol. The monoisotopic (exact) mass is 255 g/mol. The molecule has 0 aromatic heterocycles. The summed E-state index contributed by atoms with van der Waals surface area (Å²) in [7, 11) is 0. The summed E-state index contributed by atoms with van der Waals surface area (Å²) in [5.41, 5.74) is 0.778. The molecule has 2 N–H and O–H groups in total. The summed E-state index contributed by atoms with van der Waals surface area (Å²) in [5.74, 6) is 0.0233. The molecule has 0 saturated heterocycles. The fourth-order valence-corrected chi connectivity index (χ4v) is 0.848. The van der Waals surface area contributed by atoms with Gasteiger partial charge >= 0.3 is 6.09 Å². The van der Waals surface area contributed by atoms with E-state index in [2.05, 4.69) is 18.5 Å². The molecule has 0 aliphatic rings. The quantitative estimate of drug-likeness (QED) is 0.688. The average Bonchev–Trinajstić information content (AvgIpc) is 2.42. The van der Waals surface area contributed by atoms with Crippen LogP contribution in [0.5, 0.6) is 0 Å². The van der Waals surface area contributed by atoms with Crippen LogP contribution >= 0.6 is 0 Å². The number of amides is 1. The summed E-state index contributed by atoms with van der Waals surface area (Å²) in [5, 5.41) is 11.3. The van der Waals surface area contributed by atoms with Crippen molar-refractivity contribution >= 4 is 6.09 Å². The van der Waals surface area contributed by atoms with Gasteiger partial charge in [0.25, 0.3) is 0 Å². The van der Waals surface area contributed by atoms with E-state index in [1.54, 1.807) is 18.2 Å². The Kier molecular flexibility index (Phi) is 14.1. The molecule has 0 heterocycles. The van der Waals surface area contributed by atoms with Crippen molar-refractivity contribution in [1.82, 2.24) is 5.32 Å². The van der Waals surface area contributed by atoms with E-state index in [9.17, 15) is 4.79 Å². The zero-order valence-electron chi connectivity index (χ0n) is 11.6. The number of nitrogens with one attached hydrogen (secondary N) is 1. The smallest absolute Gasteiger partial charge is 0.407 e. The van der Waals surface area contributed by atoms with Gasteiger partial charge in [0, 0.05) is 13.2 Å². The van der Waals surface area contributed by atoms with E-state index in [0.717, 1.165) is 5.57 Å². The third-order valence-corrected chi connectivity index (χ3v) is 1.87. The van der Waals surface area contributed by atoms with E-state index in [4.69, 9.17) is 9.84 Å². The number of carbonyl (C=O) groups excluding carboxylic acids is 1. The molecule has 0 aromatic carbocycles. The highest BCUT2D eigenvalue weighted by molar-refractivity contribution is 5.67. The fourth-order valence-electron chi connectivity index (χ4n) is 0.848. The van der Waals surface area contributed by atoms with Gasteiger partial charge in [0.2, 0.25) is 0 Å². The van der Waals surface area contributed by atoms with E-state index < -0.39 is 6.09 Å². The second kappa shape index (κ2) is 13.5. The van der Waals surface area contributed by atoms with Gasteiger partial charge in [-0.05, 0) is 11.5 Å². The Morgan fingerprint density at radius 2 is 2.06 bits per heavy atom. The minimum Gasteiger partial charge on any atom is -0.445 e. The summed E-state index contributed by atoms with van der Waals surface area (Å²) < 4.78 is 4.92. The van der Waals surface area contributed by atoms with Gasteiger partial charge in [0.15, 0.2) is 0 Å². The lowest BCUT2D eigenvalue weighted by molar-refractivity contribution is 0.152. The second-order valence-electron chi connectivity index (χ2n) is 3.43. The number of hydrogen-bond donors (Lipinski definition) is 2. The third-order valence-electron chi connectivity index (χ3n) is 1.87. The first-order valence-electron chi connectivity index (χ1n) is 6.09. The van der Waals surface area contributed by atoms with Crippen LogP contribution in [0.25, 0.3) is 0 Å². The maximum absolute atomic E-state index is 11.2. The third kappa shape index (κ3) is 11.0. The number of ether oxygens (including phenoxy) is 1. The number of carbonyl (C=O) groups is 1. The Hall–Kier alpha value is -1.55. The molecule has 1 atom stereocenters. The lowest BCUT2D eigenvalue weighted by Crippen LogP contribution is -2.30. The minimum absolute atomic E-state index is 0.0233. The highest BCUT2D eigenvalue weighted by Gasteiger charge is 2.05. The van der Waals surface area contributed by atoms with E-state index in [1.807, 2.05) is 20.8 Å². The molecule has 0 spiro atoms. The van der Waals surface area contributed by atoms with Crippen LogP contribution in [0.4, 0.5) is 4.79 Å². The molecule has 0 bridgehead atoms. The topological polar surface area (TPSA) is 58.6 Å². The molecule has 1 unspecified atom stereocenters. The van der Waals surface area contributed by atoms with Gasteiger partial charge in [0.1, 0.15) is 6.61 Å². The van der Waals surface area contributed by atoms with Crippen LogP contribution in [-0.2, 0) is 4.74 Å². The van der Waals surface area contributed by atoms with E-state index in [0.29, 0.717) is 6.54 Å². The van der Waals surface area contributed by atoms with E-state index >= 15 is 0 Å². The van der Waals surface area contributed by atoms with Crippen molar-refractivity contribution in [3.8, 4) is 0 Å². The molecule has 4 nitrogen and oxygen atoms in total. The molecular formula is C14H25NO3. The van der Waals surface area contributed by atoms with Crippen LogP contribution in [0.2, 0.25) is 0 Å². The van der Waals surface area contributed by atoms with Gasteiger partial charge in [-0.1, -0.05) is 52.2 Å². The standard InChI is InChI=1S/C12H19NO3.C2H6/c1-4-6-11(5-2)9-16-12(15)13-7-10(3)8-14;1-2/h4-6,10,14H,1-2,7-9H2,3H3,(H,13,15);1-2H3/b11-6+;. The maximum atomic E-state index is 11.2. The lowest BCUT2D eigenvalue weighted by atomic mass is 10.2. The zero-order valence-corrected chi connectivity index (χ0v) is 11.6. The van der Waals surface area contributed by atoms with Crippen LogP contribution in [-0.4, -0.2) is 31.0 Å². The highest BCUT2D eigenvalue weighted by atomic mass is 16.5. The van der Waals surface area contributed by atoms with E-state index in [1.165, 1.54) is 0 Å². The predicted molar refractivity (Wildman–Crippen MR) is 75.4 cm³/mol. The van der Waals surface area contributed by atoms with Crippen molar-refractivity contribution in [2.24, 2.45) is 5.92 Å². The lowest BCUT2D eigenvalue weighted by Gasteiger charge is -2.10. The van der Waals surface area contributed by atoms with Gasteiger partial charge < -0.3 is 15.2 Å². The van der Waals surface area contributed by atoms with Crippen LogP contribution in [0, 0.1) is 5.92 Å². The number of aliphatic hydroxyl groups is 1. The molecule has 0 fully saturated rings. The zero-order chi connectivity index (χ0) is 14.4. The minimum atomic E-state index is -0.503. The molecule has 0 rings (SSSR count). The first-order valence-corrected chi connectivity index (χ1v) is 6.09. The number of aliphatic hydroxyl groups excluding tert-OH is 1. The molecule has 0 aliphatic carbocycles. The molecule has 1 amide bonds. The molecule has 0 radical (unpaired) electrons. The summed E-state index contributed by atoms with van der Waals surface area (Å²) in [4.78, 5) is 11.2. The SMILES string of the molecule is C=C/C=C(\C=C)COC(=O)NCC(C)CO.CC. The first kappa shape index (κ1) is 18.8. The Labute approximate surface area is 110 Å². The van der Waals surface area contributed by atoms with Crippen LogP contribution in [0.1, 0.15) is 20.8 Å². The van der Waals surface area contributed by atoms with Crippen molar-refractivity contribution in [2.45, 2.75) is 20.8 Å². The molecule has 0 aliphatic heterocycles. The van der Waals surface area contributed by atoms with Gasteiger partial charge in [-0.2, -0.15) is 0 Å². The summed E-state index contributed by atoms with van der Waals surface area (Å²) >= 11 is 0. The number of allylic oxidation sites excluding steroid dienone is 2. The Morgan fingerprint density at radius 1 is 1.44 bits per heavy atom.